The molecule has 36 heavy (non-hydrogen) atoms. The summed E-state index contributed by atoms with van der Waals surface area (Å²) in [4.78, 5) is 27.7. The number of sulfonamides is 1. The van der Waals surface area contributed by atoms with Gasteiger partial charge in [0, 0.05) is 31.6 Å². The van der Waals surface area contributed by atoms with Crippen LogP contribution in [0.1, 0.15) is 45.6 Å². The van der Waals surface area contributed by atoms with Gasteiger partial charge < -0.3 is 15.0 Å². The monoisotopic (exact) mass is 521 g/mol. The molecule has 0 saturated heterocycles. The third-order valence-electron chi connectivity index (χ3n) is 5.58. The Balaban J connectivity index is 2.22. The van der Waals surface area contributed by atoms with E-state index in [9.17, 15) is 22.4 Å². The summed E-state index contributed by atoms with van der Waals surface area (Å²) in [7, 11) is -2.11. The molecule has 0 aliphatic rings. The van der Waals surface area contributed by atoms with Gasteiger partial charge in [-0.3, -0.25) is 13.9 Å². The number of carbonyl (C=O) groups excluding carboxylic acids is 2. The highest BCUT2D eigenvalue weighted by atomic mass is 32.2. The number of amides is 2. The maximum absolute atomic E-state index is 13.4. The largest absolute Gasteiger partial charge is 0.497 e. The smallest absolute Gasteiger partial charge is 0.243 e. The highest BCUT2D eigenvalue weighted by Crippen LogP contribution is 2.24. The number of nitrogens with zero attached hydrogens (tertiary/aromatic N) is 2. The first kappa shape index (κ1) is 29.1. The van der Waals surface area contributed by atoms with Gasteiger partial charge in [0.1, 0.15) is 17.6 Å². The van der Waals surface area contributed by atoms with Gasteiger partial charge in [0.15, 0.2) is 0 Å². The number of nitrogens with one attached hydrogen (secondary N) is 1. The van der Waals surface area contributed by atoms with Gasteiger partial charge >= 0.3 is 0 Å². The SMILES string of the molecule is CC[C@H](C(=O)NC(C)C)N(Cc1ccc(F)cc1)C(=O)CCCN(c1cccc(OC)c1)S(C)(=O)=O. The van der Waals surface area contributed by atoms with Crippen molar-refractivity contribution in [3.8, 4) is 5.75 Å². The van der Waals surface area contributed by atoms with Gasteiger partial charge in [-0.15, -0.1) is 0 Å². The first-order valence-electron chi connectivity index (χ1n) is 11.9. The molecule has 1 N–H and O–H groups in total. The maximum Gasteiger partial charge on any atom is 0.243 e. The lowest BCUT2D eigenvalue weighted by atomic mass is 10.1. The number of rotatable bonds is 13. The van der Waals surface area contributed by atoms with Crippen molar-refractivity contribution < 1.29 is 27.1 Å². The Bertz CT molecular complexity index is 1120. The third-order valence-corrected chi connectivity index (χ3v) is 6.77. The van der Waals surface area contributed by atoms with Crippen molar-refractivity contribution >= 4 is 27.5 Å². The molecule has 0 aliphatic heterocycles. The minimum absolute atomic E-state index is 0.0304. The molecule has 0 spiro atoms. The van der Waals surface area contributed by atoms with Crippen molar-refractivity contribution in [1.82, 2.24) is 10.2 Å². The van der Waals surface area contributed by atoms with Gasteiger partial charge in [0.25, 0.3) is 0 Å². The fourth-order valence-electron chi connectivity index (χ4n) is 3.86. The van der Waals surface area contributed by atoms with Crippen molar-refractivity contribution in [3.63, 3.8) is 0 Å². The number of anilines is 1. The lowest BCUT2D eigenvalue weighted by molar-refractivity contribution is -0.141. The zero-order valence-corrected chi connectivity index (χ0v) is 22.3. The van der Waals surface area contributed by atoms with Crippen LogP contribution in [0, 0.1) is 5.82 Å². The molecule has 0 saturated carbocycles. The molecular formula is C26H36FN3O5S. The quantitative estimate of drug-likeness (QED) is 0.434. The molecule has 8 nitrogen and oxygen atoms in total. The van der Waals surface area contributed by atoms with Crippen LogP contribution >= 0.6 is 0 Å². The Kier molecular flexibility index (Phi) is 10.7. The summed E-state index contributed by atoms with van der Waals surface area (Å²) in [6.45, 7) is 5.72. The average Bonchev–Trinajstić information content (AvgIpc) is 2.81. The van der Waals surface area contributed by atoms with Crippen LogP contribution in [0.25, 0.3) is 0 Å². The summed E-state index contributed by atoms with van der Waals surface area (Å²) in [6, 6.07) is 11.7. The molecule has 0 unspecified atom stereocenters. The van der Waals surface area contributed by atoms with Gasteiger partial charge in [0.05, 0.1) is 19.1 Å². The van der Waals surface area contributed by atoms with E-state index in [-0.39, 0.29) is 49.6 Å². The van der Waals surface area contributed by atoms with Crippen molar-refractivity contribution in [3.05, 3.63) is 59.9 Å². The predicted molar refractivity (Wildman–Crippen MR) is 139 cm³/mol. The Hall–Kier alpha value is -3.14. The van der Waals surface area contributed by atoms with Crippen LogP contribution in [0.4, 0.5) is 10.1 Å². The van der Waals surface area contributed by atoms with Gasteiger partial charge in [0.2, 0.25) is 21.8 Å². The average molecular weight is 522 g/mol. The minimum atomic E-state index is -3.61. The first-order valence-corrected chi connectivity index (χ1v) is 13.8. The fourth-order valence-corrected chi connectivity index (χ4v) is 4.81. The van der Waals surface area contributed by atoms with Crippen LogP contribution in [0.2, 0.25) is 0 Å². The Morgan fingerprint density at radius 1 is 1.11 bits per heavy atom. The molecule has 2 aromatic carbocycles. The fraction of sp³-hybridized carbons (Fsp3) is 0.462. The van der Waals surface area contributed by atoms with Crippen LogP contribution in [0.15, 0.2) is 48.5 Å². The normalized spacial score (nSPS) is 12.2. The van der Waals surface area contributed by atoms with Gasteiger partial charge in [-0.1, -0.05) is 25.1 Å². The van der Waals surface area contributed by atoms with Crippen molar-refractivity contribution in [1.29, 1.82) is 0 Å². The Labute approximate surface area is 213 Å². The number of hydrogen-bond donors (Lipinski definition) is 1. The second-order valence-corrected chi connectivity index (χ2v) is 10.8. The van der Waals surface area contributed by atoms with E-state index < -0.39 is 16.1 Å². The van der Waals surface area contributed by atoms with E-state index in [0.29, 0.717) is 23.4 Å². The lowest BCUT2D eigenvalue weighted by Crippen LogP contribution is -2.50. The van der Waals surface area contributed by atoms with Crippen molar-refractivity contribution in [2.45, 2.75) is 58.7 Å². The Morgan fingerprint density at radius 2 is 1.78 bits per heavy atom. The van der Waals surface area contributed by atoms with E-state index in [4.69, 9.17) is 4.74 Å². The summed E-state index contributed by atoms with van der Waals surface area (Å²) in [5, 5.41) is 2.86. The summed E-state index contributed by atoms with van der Waals surface area (Å²) >= 11 is 0. The van der Waals surface area contributed by atoms with Crippen LogP contribution in [0.3, 0.4) is 0 Å². The zero-order chi connectivity index (χ0) is 26.9. The summed E-state index contributed by atoms with van der Waals surface area (Å²) < 4.78 is 44.8. The Morgan fingerprint density at radius 3 is 2.33 bits per heavy atom. The van der Waals surface area contributed by atoms with Gasteiger partial charge in [-0.05, 0) is 56.5 Å². The van der Waals surface area contributed by atoms with E-state index in [0.717, 1.165) is 6.26 Å². The molecule has 2 aromatic rings. The standard InChI is InChI=1S/C26H36FN3O5S/c1-6-24(26(32)28-19(2)3)29(18-20-12-14-21(27)15-13-20)25(31)11-8-16-30(36(5,33)34)22-9-7-10-23(17-22)35-4/h7,9-10,12-15,17,19,24H,6,8,11,16,18H2,1-5H3,(H,28,32)/t24-/m1/s1. The van der Waals surface area contributed by atoms with E-state index in [2.05, 4.69) is 5.32 Å². The molecule has 198 valence electrons. The molecule has 2 amide bonds. The highest BCUT2D eigenvalue weighted by Gasteiger charge is 2.29. The van der Waals surface area contributed by atoms with E-state index >= 15 is 0 Å². The first-order chi connectivity index (χ1) is 17.0. The van der Waals surface area contributed by atoms with Crippen LogP contribution in [-0.4, -0.2) is 57.1 Å². The lowest BCUT2D eigenvalue weighted by Gasteiger charge is -2.31. The van der Waals surface area contributed by atoms with Crippen LogP contribution < -0.4 is 14.4 Å². The molecule has 2 rings (SSSR count). The molecule has 0 aromatic heterocycles. The molecule has 0 bridgehead atoms. The number of methoxy groups -OCH3 is 1. The maximum atomic E-state index is 13.4. The molecule has 1 atom stereocenters. The number of benzene rings is 2. The van der Waals surface area contributed by atoms with Crippen molar-refractivity contribution in [2.24, 2.45) is 0 Å². The van der Waals surface area contributed by atoms with Gasteiger partial charge in [-0.2, -0.15) is 0 Å². The summed E-state index contributed by atoms with van der Waals surface area (Å²) in [5.74, 6) is -0.425. The molecule has 0 fully saturated rings. The number of ether oxygens (including phenoxy) is 1. The van der Waals surface area contributed by atoms with E-state index in [1.165, 1.54) is 28.4 Å². The second kappa shape index (κ2) is 13.2. The second-order valence-electron chi connectivity index (χ2n) is 8.88. The topological polar surface area (TPSA) is 96.0 Å². The molecule has 0 radical (unpaired) electrons. The number of hydrogen-bond acceptors (Lipinski definition) is 5. The summed E-state index contributed by atoms with van der Waals surface area (Å²) in [5.41, 5.74) is 1.13. The van der Waals surface area contributed by atoms with E-state index in [1.807, 2.05) is 20.8 Å². The predicted octanol–water partition coefficient (Wildman–Crippen LogP) is 3.71. The molecular weight excluding hydrogens is 485 g/mol. The summed E-state index contributed by atoms with van der Waals surface area (Å²) in [6.07, 6.45) is 1.77. The molecule has 0 aliphatic carbocycles. The van der Waals surface area contributed by atoms with E-state index in [1.54, 1.807) is 36.4 Å². The van der Waals surface area contributed by atoms with Crippen molar-refractivity contribution in [2.75, 3.05) is 24.2 Å². The van der Waals surface area contributed by atoms with Crippen LogP contribution in [0.5, 0.6) is 5.75 Å². The third kappa shape index (κ3) is 8.51. The van der Waals surface area contributed by atoms with Gasteiger partial charge in [-0.25, -0.2) is 12.8 Å². The highest BCUT2D eigenvalue weighted by molar-refractivity contribution is 7.92. The molecule has 0 heterocycles. The zero-order valence-electron chi connectivity index (χ0n) is 21.5. The number of halogens is 1. The number of carbonyl (C=O) groups is 2. The minimum Gasteiger partial charge on any atom is -0.497 e. The van der Waals surface area contributed by atoms with Crippen LogP contribution in [-0.2, 0) is 26.2 Å². The molecule has 10 heteroatoms.